The molecule has 0 bridgehead atoms. The third kappa shape index (κ3) is 7.80. The number of nitrogens with zero attached hydrogens (tertiary/aromatic N) is 2. The lowest BCUT2D eigenvalue weighted by Crippen LogP contribution is -2.41. The van der Waals surface area contributed by atoms with Crippen LogP contribution in [0.2, 0.25) is 5.02 Å². The van der Waals surface area contributed by atoms with E-state index in [1.165, 1.54) is 0 Å². The first-order chi connectivity index (χ1) is 22.2. The SMILES string of the molecule is CCCC(=O)N[C@H]1CC[C@H](CN(C)c2ccc(N3C(=O)Cc4cc(OC)c(O[C@H](C)CC)cc4C3c3ccc(Cl)cc3)cc2)CC1. The van der Waals surface area contributed by atoms with Crippen LogP contribution in [0.5, 0.6) is 11.5 Å². The summed E-state index contributed by atoms with van der Waals surface area (Å²) in [5.41, 5.74) is 4.88. The monoisotopic (exact) mass is 645 g/mol. The number of hydrogen-bond acceptors (Lipinski definition) is 5. The largest absolute Gasteiger partial charge is 0.493 e. The standard InChI is InChI=1S/C38H48ClN3O4/c1-6-8-36(43)40-30-15-9-26(10-16-30)24-41(4)31-17-19-32(20-18-31)42-37(44)22-28-21-34(45-5)35(46-25(3)7-2)23-33(28)38(42)27-11-13-29(39)14-12-27/h11-14,17-21,23,25-26,30,38H,6-10,15-16,22,24H2,1-5H3,(H,40,43)/t25-,26-,30-,38?/m1/s1. The number of carbonyl (C=O) groups excluding carboxylic acids is 2. The average molecular weight is 646 g/mol. The Kier molecular flexibility index (Phi) is 11.2. The zero-order valence-electron chi connectivity index (χ0n) is 27.9. The molecule has 2 aliphatic rings. The van der Waals surface area contributed by atoms with E-state index in [0.29, 0.717) is 34.9 Å². The first-order valence-corrected chi connectivity index (χ1v) is 17.1. The van der Waals surface area contributed by atoms with Crippen molar-refractivity contribution in [3.63, 3.8) is 0 Å². The summed E-state index contributed by atoms with van der Waals surface area (Å²) in [6.45, 7) is 7.13. The molecule has 1 fully saturated rings. The zero-order valence-corrected chi connectivity index (χ0v) is 28.6. The van der Waals surface area contributed by atoms with E-state index in [1.54, 1.807) is 7.11 Å². The van der Waals surface area contributed by atoms with E-state index in [0.717, 1.165) is 73.1 Å². The number of halogens is 1. The number of ether oxygens (including phenoxy) is 2. The number of amides is 2. The highest BCUT2D eigenvalue weighted by atomic mass is 35.5. The molecule has 5 rings (SSSR count). The summed E-state index contributed by atoms with van der Waals surface area (Å²) in [6, 6.07) is 20.0. The van der Waals surface area contributed by atoms with Crippen molar-refractivity contribution in [2.45, 2.75) is 90.3 Å². The Hall–Kier alpha value is -3.71. The molecule has 1 saturated carbocycles. The molecule has 7 nitrogen and oxygen atoms in total. The lowest BCUT2D eigenvalue weighted by atomic mass is 9.85. The van der Waals surface area contributed by atoms with Crippen LogP contribution in [-0.2, 0) is 16.0 Å². The molecule has 1 aliphatic heterocycles. The summed E-state index contributed by atoms with van der Waals surface area (Å²) in [4.78, 5) is 30.2. The van der Waals surface area contributed by atoms with E-state index in [2.05, 4.69) is 48.5 Å². The van der Waals surface area contributed by atoms with Gasteiger partial charge in [0.1, 0.15) is 0 Å². The van der Waals surface area contributed by atoms with Crippen molar-refractivity contribution in [1.29, 1.82) is 0 Å². The quantitative estimate of drug-likeness (QED) is 0.215. The molecular weight excluding hydrogens is 598 g/mol. The number of nitrogens with one attached hydrogen (secondary N) is 1. The Labute approximate surface area is 279 Å². The molecule has 3 aromatic carbocycles. The van der Waals surface area contributed by atoms with Crippen molar-refractivity contribution >= 4 is 34.8 Å². The van der Waals surface area contributed by atoms with Crippen LogP contribution in [0.3, 0.4) is 0 Å². The zero-order chi connectivity index (χ0) is 32.8. The minimum atomic E-state index is -0.352. The van der Waals surface area contributed by atoms with Gasteiger partial charge >= 0.3 is 0 Å². The van der Waals surface area contributed by atoms with Gasteiger partial charge < -0.3 is 24.6 Å². The highest BCUT2D eigenvalue weighted by Gasteiger charge is 2.36. The van der Waals surface area contributed by atoms with Gasteiger partial charge in [-0.15, -0.1) is 0 Å². The number of carbonyl (C=O) groups is 2. The maximum atomic E-state index is 13.9. The van der Waals surface area contributed by atoms with Crippen LogP contribution in [0.4, 0.5) is 11.4 Å². The smallest absolute Gasteiger partial charge is 0.232 e. The second-order valence-electron chi connectivity index (χ2n) is 12.9. The fraction of sp³-hybridized carbons (Fsp3) is 0.474. The van der Waals surface area contributed by atoms with Crippen molar-refractivity contribution in [1.82, 2.24) is 5.32 Å². The van der Waals surface area contributed by atoms with E-state index in [1.807, 2.05) is 55.1 Å². The molecule has 2 amide bonds. The lowest BCUT2D eigenvalue weighted by molar-refractivity contribution is -0.122. The van der Waals surface area contributed by atoms with Gasteiger partial charge in [-0.25, -0.2) is 0 Å². The molecule has 0 saturated heterocycles. The summed E-state index contributed by atoms with van der Waals surface area (Å²) in [5, 5.41) is 3.85. The molecule has 246 valence electrons. The Morgan fingerprint density at radius 2 is 1.72 bits per heavy atom. The summed E-state index contributed by atoms with van der Waals surface area (Å²) in [7, 11) is 3.77. The Balaban J connectivity index is 1.37. The Morgan fingerprint density at radius 1 is 1.02 bits per heavy atom. The number of benzene rings is 3. The van der Waals surface area contributed by atoms with Gasteiger partial charge in [0, 0.05) is 42.5 Å². The van der Waals surface area contributed by atoms with E-state index in [-0.39, 0.29) is 30.4 Å². The molecule has 0 radical (unpaired) electrons. The first-order valence-electron chi connectivity index (χ1n) is 16.8. The summed E-state index contributed by atoms with van der Waals surface area (Å²) in [5.74, 6) is 2.10. The minimum Gasteiger partial charge on any atom is -0.493 e. The molecule has 1 N–H and O–H groups in total. The number of fused-ring (bicyclic) bond motifs is 1. The number of rotatable bonds is 12. The second kappa shape index (κ2) is 15.3. The van der Waals surface area contributed by atoms with Crippen LogP contribution in [0.25, 0.3) is 0 Å². The predicted molar refractivity (Wildman–Crippen MR) is 186 cm³/mol. The van der Waals surface area contributed by atoms with E-state index < -0.39 is 0 Å². The fourth-order valence-electron chi connectivity index (χ4n) is 6.75. The first kappa shape index (κ1) is 33.6. The van der Waals surface area contributed by atoms with Crippen LogP contribution in [0.1, 0.15) is 88.4 Å². The van der Waals surface area contributed by atoms with Gasteiger partial charge in [-0.2, -0.15) is 0 Å². The van der Waals surface area contributed by atoms with E-state index in [4.69, 9.17) is 21.1 Å². The van der Waals surface area contributed by atoms with Crippen LogP contribution >= 0.6 is 11.6 Å². The molecule has 8 heteroatoms. The summed E-state index contributed by atoms with van der Waals surface area (Å²) < 4.78 is 12.0. The van der Waals surface area contributed by atoms with Gasteiger partial charge in [-0.1, -0.05) is 37.6 Å². The van der Waals surface area contributed by atoms with Gasteiger partial charge in [0.2, 0.25) is 11.8 Å². The average Bonchev–Trinajstić information content (AvgIpc) is 3.05. The van der Waals surface area contributed by atoms with Crippen molar-refractivity contribution in [2.75, 3.05) is 30.5 Å². The topological polar surface area (TPSA) is 71.1 Å². The Morgan fingerprint density at radius 3 is 2.35 bits per heavy atom. The van der Waals surface area contributed by atoms with Crippen molar-refractivity contribution in [3.05, 3.63) is 82.4 Å². The van der Waals surface area contributed by atoms with Crippen molar-refractivity contribution in [3.8, 4) is 11.5 Å². The molecule has 0 aromatic heterocycles. The van der Waals surface area contributed by atoms with Gasteiger partial charge in [0.15, 0.2) is 11.5 Å². The van der Waals surface area contributed by atoms with Gasteiger partial charge in [-0.05, 0) is 117 Å². The fourth-order valence-corrected chi connectivity index (χ4v) is 6.88. The van der Waals surface area contributed by atoms with Gasteiger partial charge in [0.05, 0.1) is 25.7 Å². The van der Waals surface area contributed by atoms with Crippen LogP contribution in [0.15, 0.2) is 60.7 Å². The van der Waals surface area contributed by atoms with Crippen molar-refractivity contribution < 1.29 is 19.1 Å². The molecule has 46 heavy (non-hydrogen) atoms. The molecule has 2 atom stereocenters. The maximum Gasteiger partial charge on any atom is 0.232 e. The molecule has 1 aliphatic carbocycles. The number of methoxy groups -OCH3 is 1. The van der Waals surface area contributed by atoms with Crippen LogP contribution < -0.4 is 24.6 Å². The molecule has 3 aromatic rings. The second-order valence-corrected chi connectivity index (χ2v) is 13.3. The number of anilines is 2. The van der Waals surface area contributed by atoms with E-state index >= 15 is 0 Å². The molecule has 0 spiro atoms. The third-order valence-corrected chi connectivity index (χ3v) is 9.72. The van der Waals surface area contributed by atoms with Gasteiger partial charge in [-0.3, -0.25) is 9.59 Å². The molecule has 1 heterocycles. The summed E-state index contributed by atoms with van der Waals surface area (Å²) >= 11 is 6.29. The third-order valence-electron chi connectivity index (χ3n) is 9.47. The van der Waals surface area contributed by atoms with Gasteiger partial charge in [0.25, 0.3) is 0 Å². The Bertz CT molecular complexity index is 1490. The van der Waals surface area contributed by atoms with Crippen LogP contribution in [-0.4, -0.2) is 44.7 Å². The molecular formula is C38H48ClN3O4. The lowest BCUT2D eigenvalue weighted by Gasteiger charge is -2.38. The summed E-state index contributed by atoms with van der Waals surface area (Å²) in [6.07, 6.45) is 6.93. The highest BCUT2D eigenvalue weighted by Crippen LogP contribution is 2.44. The predicted octanol–water partition coefficient (Wildman–Crippen LogP) is 8.12. The maximum absolute atomic E-state index is 13.9. The van der Waals surface area contributed by atoms with Crippen molar-refractivity contribution in [2.24, 2.45) is 5.92 Å². The van der Waals surface area contributed by atoms with E-state index in [9.17, 15) is 9.59 Å². The van der Waals surface area contributed by atoms with Crippen LogP contribution in [0, 0.1) is 5.92 Å². The highest BCUT2D eigenvalue weighted by molar-refractivity contribution is 6.30. The normalized spacial score (nSPS) is 20.1. The minimum absolute atomic E-state index is 0.0218. The number of hydrogen-bond donors (Lipinski definition) is 1. The molecule has 1 unspecified atom stereocenters.